The van der Waals surface area contributed by atoms with Crippen molar-refractivity contribution in [3.05, 3.63) is 46.8 Å². The van der Waals surface area contributed by atoms with E-state index in [2.05, 4.69) is 0 Å². The van der Waals surface area contributed by atoms with Crippen molar-refractivity contribution >= 4 is 30.8 Å². The Morgan fingerprint density at radius 1 is 1.00 bits per heavy atom. The van der Waals surface area contributed by atoms with Gasteiger partial charge in [0.15, 0.2) is 0 Å². The van der Waals surface area contributed by atoms with Crippen molar-refractivity contribution in [3.63, 3.8) is 0 Å². The number of benzene rings is 1. The van der Waals surface area contributed by atoms with Crippen LogP contribution in [0.15, 0.2) is 45.6 Å². The van der Waals surface area contributed by atoms with Gasteiger partial charge in [0, 0.05) is 11.5 Å². The van der Waals surface area contributed by atoms with E-state index in [1.807, 2.05) is 18.2 Å². The first-order chi connectivity index (χ1) is 5.36. The molecule has 0 radical (unpaired) electrons. The fourth-order valence-electron chi connectivity index (χ4n) is 1.01. The van der Waals surface area contributed by atoms with E-state index in [0.29, 0.717) is 5.58 Å². The molecule has 2 aromatic rings. The summed E-state index contributed by atoms with van der Waals surface area (Å²) in [5.41, 5.74) is 0.337. The van der Waals surface area contributed by atoms with E-state index in [9.17, 15) is 4.79 Å². The summed E-state index contributed by atoms with van der Waals surface area (Å²) in [6, 6.07) is 10.6. The van der Waals surface area contributed by atoms with Crippen LogP contribution in [-0.2, 0) is 0 Å². The summed E-state index contributed by atoms with van der Waals surface area (Å²) in [6.07, 6.45) is 0. The van der Waals surface area contributed by atoms with Crippen LogP contribution in [0.1, 0.15) is 0 Å². The molecule has 2 rings (SSSR count). The minimum absolute atomic E-state index is 0. The summed E-state index contributed by atoms with van der Waals surface area (Å²) in [6.45, 7) is 0. The van der Waals surface area contributed by atoms with Gasteiger partial charge in [-0.3, -0.25) is 0 Å². The quantitative estimate of drug-likeness (QED) is 0.479. The van der Waals surface area contributed by atoms with Gasteiger partial charge in [-0.25, -0.2) is 4.79 Å². The predicted octanol–water partition coefficient (Wildman–Crippen LogP) is 0.609. The summed E-state index contributed by atoms with van der Waals surface area (Å²) < 4.78 is 4.91. The molecule has 1 heterocycles. The molecule has 0 atom stereocenters. The number of hydrogen-bond donors (Lipinski definition) is 0. The summed E-state index contributed by atoms with van der Waals surface area (Å²) >= 11 is 0. The van der Waals surface area contributed by atoms with Crippen LogP contribution in [0, 0.1) is 0 Å². The number of rotatable bonds is 0. The molecule has 0 aliphatic heterocycles. The Labute approximate surface area is 82.3 Å². The molecule has 0 unspecified atom stereocenters. The number of hydrogen-bond acceptors (Lipinski definition) is 2. The molecule has 0 N–H and O–H groups in total. The topological polar surface area (TPSA) is 30.2 Å². The Balaban J connectivity index is 0.000000720. The predicted molar refractivity (Wildman–Crippen MR) is 52.4 cm³/mol. The van der Waals surface area contributed by atoms with E-state index >= 15 is 0 Å². The molecule has 0 amide bonds. The molecule has 12 heavy (non-hydrogen) atoms. The summed E-state index contributed by atoms with van der Waals surface area (Å²) in [5, 5.41) is 0.951. The van der Waals surface area contributed by atoms with Gasteiger partial charge in [0.1, 0.15) is 5.58 Å². The molecule has 0 spiro atoms. The van der Waals surface area contributed by atoms with Crippen molar-refractivity contribution in [1.82, 2.24) is 0 Å². The molecule has 1 aromatic carbocycles. The summed E-state index contributed by atoms with van der Waals surface area (Å²) in [5.74, 6) is 0. The fraction of sp³-hybridized carbons (Fsp3) is 0. The standard InChI is InChI=1S/C9H6O2.Ga.3H/c10-9-6-5-7-3-1-2-4-8(7)11-9;;;;/h1-6H;;;;. The van der Waals surface area contributed by atoms with Crippen LogP contribution in [0.25, 0.3) is 11.0 Å². The maximum atomic E-state index is 10.7. The Kier molecular flexibility index (Phi) is 2.78. The van der Waals surface area contributed by atoms with Crippen LogP contribution in [0.2, 0.25) is 0 Å². The monoisotopic (exact) mass is 218 g/mol. The van der Waals surface area contributed by atoms with Crippen LogP contribution >= 0.6 is 0 Å². The minimum atomic E-state index is -0.302. The SMILES string of the molecule is O=c1ccc2ccccc2o1.[GaH3]. The van der Waals surface area contributed by atoms with Crippen molar-refractivity contribution in [1.29, 1.82) is 0 Å². The van der Waals surface area contributed by atoms with Crippen LogP contribution in [-0.4, -0.2) is 19.8 Å². The molecular weight excluding hydrogens is 210 g/mol. The number of para-hydroxylation sites is 1. The Hall–Kier alpha value is -0.934. The summed E-state index contributed by atoms with van der Waals surface area (Å²) in [7, 11) is 0. The first kappa shape index (κ1) is 9.16. The van der Waals surface area contributed by atoms with Crippen molar-refractivity contribution in [2.24, 2.45) is 0 Å². The van der Waals surface area contributed by atoms with E-state index in [1.54, 1.807) is 12.1 Å². The molecule has 60 valence electrons. The summed E-state index contributed by atoms with van der Waals surface area (Å²) in [4.78, 5) is 10.7. The second-order valence-electron chi connectivity index (χ2n) is 2.29. The number of fused-ring (bicyclic) bond motifs is 1. The van der Waals surface area contributed by atoms with Gasteiger partial charge in [-0.1, -0.05) is 18.2 Å². The maximum absolute atomic E-state index is 10.7. The first-order valence-corrected chi connectivity index (χ1v) is 3.35. The second kappa shape index (κ2) is 3.65. The van der Waals surface area contributed by atoms with Crippen molar-refractivity contribution in [2.75, 3.05) is 0 Å². The van der Waals surface area contributed by atoms with Crippen LogP contribution < -0.4 is 5.63 Å². The van der Waals surface area contributed by atoms with Gasteiger partial charge in [0.05, 0.1) is 0 Å². The average Bonchev–Trinajstić information content (AvgIpc) is 2.04. The van der Waals surface area contributed by atoms with Gasteiger partial charge in [-0.15, -0.1) is 0 Å². The van der Waals surface area contributed by atoms with Crippen LogP contribution in [0.3, 0.4) is 0 Å². The van der Waals surface area contributed by atoms with Crippen LogP contribution in [0.5, 0.6) is 0 Å². The van der Waals surface area contributed by atoms with E-state index < -0.39 is 0 Å². The molecular formula is C9H9GaO2. The van der Waals surface area contributed by atoms with Gasteiger partial charge in [0.2, 0.25) is 0 Å². The zero-order valence-corrected chi connectivity index (χ0v) is 5.78. The van der Waals surface area contributed by atoms with Gasteiger partial charge < -0.3 is 4.42 Å². The van der Waals surface area contributed by atoms with Crippen molar-refractivity contribution in [2.45, 2.75) is 0 Å². The van der Waals surface area contributed by atoms with E-state index in [4.69, 9.17) is 4.42 Å². The van der Waals surface area contributed by atoms with E-state index in [1.165, 1.54) is 6.07 Å². The van der Waals surface area contributed by atoms with Gasteiger partial charge in [-0.05, 0) is 12.1 Å². The third kappa shape index (κ3) is 1.62. The van der Waals surface area contributed by atoms with Crippen LogP contribution in [0.4, 0.5) is 0 Å². The molecule has 2 nitrogen and oxygen atoms in total. The average molecular weight is 219 g/mol. The second-order valence-corrected chi connectivity index (χ2v) is 2.29. The van der Waals surface area contributed by atoms with Gasteiger partial charge in [-0.2, -0.15) is 0 Å². The molecule has 0 saturated carbocycles. The third-order valence-electron chi connectivity index (χ3n) is 1.53. The normalized spacial score (nSPS) is 9.33. The molecule has 0 saturated heterocycles. The Morgan fingerprint density at radius 2 is 1.75 bits per heavy atom. The molecule has 0 aliphatic rings. The van der Waals surface area contributed by atoms with E-state index in [0.717, 1.165) is 5.39 Å². The molecule has 0 fully saturated rings. The molecule has 3 heteroatoms. The first-order valence-electron chi connectivity index (χ1n) is 3.35. The van der Waals surface area contributed by atoms with Gasteiger partial charge >= 0.3 is 25.4 Å². The Morgan fingerprint density at radius 3 is 2.58 bits per heavy atom. The van der Waals surface area contributed by atoms with Crippen molar-refractivity contribution in [3.8, 4) is 0 Å². The van der Waals surface area contributed by atoms with Gasteiger partial charge in [0.25, 0.3) is 0 Å². The van der Waals surface area contributed by atoms with E-state index in [-0.39, 0.29) is 25.4 Å². The van der Waals surface area contributed by atoms with Crippen molar-refractivity contribution < 1.29 is 4.42 Å². The molecule has 0 bridgehead atoms. The molecule has 1 aromatic heterocycles. The zero-order valence-electron chi connectivity index (χ0n) is 5.78. The third-order valence-corrected chi connectivity index (χ3v) is 1.53. The Bertz CT molecular complexity index is 433. The fourth-order valence-corrected chi connectivity index (χ4v) is 1.01. The molecule has 0 aliphatic carbocycles. The zero-order chi connectivity index (χ0) is 7.68.